The van der Waals surface area contributed by atoms with E-state index in [9.17, 15) is 14.3 Å². The molecule has 4 fully saturated rings. The van der Waals surface area contributed by atoms with Gasteiger partial charge in [-0.05, 0) is 80.2 Å². The molecule has 4 saturated carbocycles. The fraction of sp³-hybridized carbons (Fsp3) is 0.577. The van der Waals surface area contributed by atoms with E-state index in [2.05, 4.69) is 15.3 Å². The maximum Gasteiger partial charge on any atom is 0.257 e. The summed E-state index contributed by atoms with van der Waals surface area (Å²) in [6.07, 6.45) is 9.31. The van der Waals surface area contributed by atoms with Gasteiger partial charge in [0.05, 0.1) is 23.9 Å². The van der Waals surface area contributed by atoms with Gasteiger partial charge in [0, 0.05) is 18.7 Å². The van der Waals surface area contributed by atoms with Crippen molar-refractivity contribution in [2.24, 2.45) is 23.2 Å². The van der Waals surface area contributed by atoms with E-state index in [0.29, 0.717) is 26.1 Å². The van der Waals surface area contributed by atoms with Crippen molar-refractivity contribution in [3.8, 4) is 0 Å². The molecule has 174 valence electrons. The first-order chi connectivity index (χ1) is 16.0. The molecule has 0 saturated heterocycles. The van der Waals surface area contributed by atoms with Crippen LogP contribution in [-0.2, 0) is 13.0 Å². The van der Waals surface area contributed by atoms with E-state index in [0.717, 1.165) is 54.1 Å². The maximum atomic E-state index is 14.1. The van der Waals surface area contributed by atoms with Crippen LogP contribution >= 0.6 is 0 Å². The number of benzene rings is 1. The van der Waals surface area contributed by atoms with Gasteiger partial charge in [-0.15, -0.1) is 0 Å². The average Bonchev–Trinajstić information content (AvgIpc) is 2.81. The van der Waals surface area contributed by atoms with Crippen molar-refractivity contribution in [2.45, 2.75) is 57.6 Å². The van der Waals surface area contributed by atoms with Gasteiger partial charge in [0.15, 0.2) is 0 Å². The molecule has 1 amide bonds. The summed E-state index contributed by atoms with van der Waals surface area (Å²) in [5, 5.41) is 14.7. The smallest absolute Gasteiger partial charge is 0.257 e. The van der Waals surface area contributed by atoms with Crippen LogP contribution in [-0.4, -0.2) is 45.1 Å². The summed E-state index contributed by atoms with van der Waals surface area (Å²) in [7, 11) is 0. The molecule has 1 atom stereocenters. The third kappa shape index (κ3) is 3.70. The lowest BCUT2D eigenvalue weighted by Crippen LogP contribution is -2.53. The van der Waals surface area contributed by atoms with Crippen LogP contribution in [0.4, 0.5) is 10.2 Å². The van der Waals surface area contributed by atoms with Crippen molar-refractivity contribution in [2.75, 3.05) is 18.4 Å². The molecule has 1 aromatic heterocycles. The van der Waals surface area contributed by atoms with Gasteiger partial charge in [-0.2, -0.15) is 0 Å². The monoisotopic (exact) mass is 450 g/mol. The Morgan fingerprint density at radius 3 is 2.55 bits per heavy atom. The zero-order valence-corrected chi connectivity index (χ0v) is 18.8. The van der Waals surface area contributed by atoms with Gasteiger partial charge in [0.2, 0.25) is 0 Å². The van der Waals surface area contributed by atoms with E-state index < -0.39 is 5.82 Å². The Morgan fingerprint density at radius 1 is 1.15 bits per heavy atom. The van der Waals surface area contributed by atoms with Crippen LogP contribution in [0.2, 0.25) is 0 Å². The summed E-state index contributed by atoms with van der Waals surface area (Å²) in [6, 6.07) is 6.09. The van der Waals surface area contributed by atoms with Gasteiger partial charge < -0.3 is 15.3 Å². The highest BCUT2D eigenvalue weighted by Crippen LogP contribution is 2.61. The predicted molar refractivity (Wildman–Crippen MR) is 122 cm³/mol. The summed E-state index contributed by atoms with van der Waals surface area (Å²) in [5.41, 5.74) is 1.94. The molecule has 5 aliphatic rings. The number of aliphatic hydroxyl groups is 1. The van der Waals surface area contributed by atoms with Gasteiger partial charge in [-0.25, -0.2) is 14.4 Å². The molecule has 1 aromatic carbocycles. The molecule has 2 heterocycles. The Morgan fingerprint density at radius 2 is 1.85 bits per heavy atom. The number of carbonyl (C=O) groups is 1. The first-order valence-electron chi connectivity index (χ1n) is 12.3. The quantitative estimate of drug-likeness (QED) is 0.725. The predicted octanol–water partition coefficient (Wildman–Crippen LogP) is 3.80. The van der Waals surface area contributed by atoms with Crippen LogP contribution in [0.1, 0.15) is 60.1 Å². The van der Waals surface area contributed by atoms with E-state index in [-0.39, 0.29) is 23.0 Å². The third-order valence-electron chi connectivity index (χ3n) is 8.65. The van der Waals surface area contributed by atoms with Crippen molar-refractivity contribution in [3.05, 3.63) is 53.2 Å². The van der Waals surface area contributed by atoms with Crippen molar-refractivity contribution in [1.29, 1.82) is 0 Å². The van der Waals surface area contributed by atoms with E-state index >= 15 is 0 Å². The molecule has 2 aromatic rings. The van der Waals surface area contributed by atoms with E-state index in [4.69, 9.17) is 0 Å². The molecule has 0 spiro atoms. The molecule has 1 unspecified atom stereocenters. The van der Waals surface area contributed by atoms with Crippen LogP contribution in [0.3, 0.4) is 0 Å². The van der Waals surface area contributed by atoms with Crippen molar-refractivity contribution in [3.63, 3.8) is 0 Å². The summed E-state index contributed by atoms with van der Waals surface area (Å²) in [6.45, 7) is 1.31. The largest absolute Gasteiger partial charge is 0.391 e. The van der Waals surface area contributed by atoms with Gasteiger partial charge in [0.25, 0.3) is 5.91 Å². The lowest BCUT2D eigenvalue weighted by molar-refractivity contribution is -0.115. The van der Waals surface area contributed by atoms with Crippen LogP contribution in [0.5, 0.6) is 0 Å². The molecule has 6 nitrogen and oxygen atoms in total. The van der Waals surface area contributed by atoms with Crippen molar-refractivity contribution in [1.82, 2.24) is 14.9 Å². The molecule has 2 N–H and O–H groups in total. The Kier molecular flexibility index (Phi) is 5.13. The second-order valence-corrected chi connectivity index (χ2v) is 10.8. The highest BCUT2D eigenvalue weighted by atomic mass is 19.1. The summed E-state index contributed by atoms with van der Waals surface area (Å²) >= 11 is 0. The maximum absolute atomic E-state index is 14.1. The number of anilines is 1. The van der Waals surface area contributed by atoms with Gasteiger partial charge >= 0.3 is 0 Å². The molecule has 7 rings (SSSR count). The molecule has 7 heteroatoms. The number of hydrogen-bond donors (Lipinski definition) is 2. The Bertz CT molecular complexity index is 1040. The fourth-order valence-corrected chi connectivity index (χ4v) is 7.48. The number of carbonyl (C=O) groups excluding carboxylic acids is 1. The van der Waals surface area contributed by atoms with Crippen molar-refractivity contribution >= 4 is 11.7 Å². The Hall–Kier alpha value is -2.54. The second-order valence-electron chi connectivity index (χ2n) is 10.8. The number of fused-ring (bicyclic) bond motifs is 1. The van der Waals surface area contributed by atoms with Gasteiger partial charge in [-0.3, -0.25) is 4.79 Å². The molecular formula is C26H31FN4O2. The minimum absolute atomic E-state index is 0.0673. The van der Waals surface area contributed by atoms with E-state index in [1.807, 2.05) is 0 Å². The summed E-state index contributed by atoms with van der Waals surface area (Å²) in [4.78, 5) is 23.3. The number of rotatable bonds is 5. The number of aliphatic hydroxyl groups excluding tert-OH is 1. The minimum Gasteiger partial charge on any atom is -0.391 e. The number of aromatic nitrogens is 2. The fourth-order valence-electron chi connectivity index (χ4n) is 7.48. The Balaban J connectivity index is 1.14. The normalized spacial score (nSPS) is 30.7. The standard InChI is InChI=1S/C26H31FN4O2/c27-21-4-2-1-3-19(21)25(33)31-6-5-20-22(14-31)29-15-30-24(20)28-13-23(32)26-10-16-7-17(11-26)9-18(8-16)12-26/h1-4,15-18,23,32H,5-14H2,(H,28,29,30). The first-order valence-corrected chi connectivity index (χ1v) is 12.3. The minimum atomic E-state index is -0.503. The zero-order valence-electron chi connectivity index (χ0n) is 18.8. The van der Waals surface area contributed by atoms with Crippen LogP contribution in [0, 0.1) is 29.0 Å². The molecule has 4 bridgehead atoms. The number of nitrogens with one attached hydrogen (secondary N) is 1. The highest BCUT2D eigenvalue weighted by molar-refractivity contribution is 5.94. The average molecular weight is 451 g/mol. The number of hydrogen-bond acceptors (Lipinski definition) is 5. The SMILES string of the molecule is O=C(c1ccccc1F)N1CCc2c(ncnc2NCC(O)C23CC4CC(CC(C4)C2)C3)C1. The first kappa shape index (κ1) is 21.0. The highest BCUT2D eigenvalue weighted by Gasteiger charge is 2.53. The van der Waals surface area contributed by atoms with Gasteiger partial charge in [-0.1, -0.05) is 12.1 Å². The molecule has 4 aliphatic carbocycles. The molecule has 0 radical (unpaired) electrons. The number of nitrogens with zero attached hydrogens (tertiary/aromatic N) is 3. The number of halogens is 1. The van der Waals surface area contributed by atoms with E-state index in [1.54, 1.807) is 17.0 Å². The number of amides is 1. The van der Waals surface area contributed by atoms with Crippen LogP contribution in [0.25, 0.3) is 0 Å². The lowest BCUT2D eigenvalue weighted by atomic mass is 9.48. The van der Waals surface area contributed by atoms with Crippen molar-refractivity contribution < 1.29 is 14.3 Å². The second kappa shape index (κ2) is 8.05. The van der Waals surface area contributed by atoms with Gasteiger partial charge in [0.1, 0.15) is 18.0 Å². The van der Waals surface area contributed by atoms with E-state index in [1.165, 1.54) is 37.7 Å². The lowest BCUT2D eigenvalue weighted by Gasteiger charge is -2.58. The summed E-state index contributed by atoms with van der Waals surface area (Å²) in [5.74, 6) is 2.34. The molecule has 33 heavy (non-hydrogen) atoms. The van der Waals surface area contributed by atoms with Crippen LogP contribution in [0.15, 0.2) is 30.6 Å². The van der Waals surface area contributed by atoms with Crippen LogP contribution < -0.4 is 5.32 Å². The Labute approximate surface area is 193 Å². The molecular weight excluding hydrogens is 419 g/mol. The summed E-state index contributed by atoms with van der Waals surface area (Å²) < 4.78 is 14.1. The molecule has 1 aliphatic heterocycles. The zero-order chi connectivity index (χ0) is 22.6. The topological polar surface area (TPSA) is 78.4 Å². The third-order valence-corrected chi connectivity index (χ3v) is 8.65.